The summed E-state index contributed by atoms with van der Waals surface area (Å²) in [5.74, 6) is 1.71. The van der Waals surface area contributed by atoms with Gasteiger partial charge in [0.25, 0.3) is 0 Å². The van der Waals surface area contributed by atoms with Gasteiger partial charge in [-0.1, -0.05) is 6.07 Å². The summed E-state index contributed by atoms with van der Waals surface area (Å²) in [6.07, 6.45) is 5.09. The second kappa shape index (κ2) is 6.98. The van der Waals surface area contributed by atoms with Crippen LogP contribution >= 0.6 is 11.3 Å². The number of hydrogen-bond acceptors (Lipinski definition) is 7. The lowest BCUT2D eigenvalue weighted by Crippen LogP contribution is -2.49. The van der Waals surface area contributed by atoms with Crippen molar-refractivity contribution in [3.05, 3.63) is 47.4 Å². The highest BCUT2D eigenvalue weighted by Gasteiger charge is 2.22. The number of carbonyl (C=O) groups is 1. The van der Waals surface area contributed by atoms with Crippen molar-refractivity contribution in [3.8, 4) is 5.82 Å². The molecule has 0 spiro atoms. The van der Waals surface area contributed by atoms with E-state index < -0.39 is 0 Å². The summed E-state index contributed by atoms with van der Waals surface area (Å²) in [6.45, 7) is 2.91. The number of hydrogen-bond donors (Lipinski definition) is 0. The second-order valence-electron chi connectivity index (χ2n) is 5.70. The zero-order valence-corrected chi connectivity index (χ0v) is 14.3. The zero-order chi connectivity index (χ0) is 17.1. The van der Waals surface area contributed by atoms with Gasteiger partial charge in [0.2, 0.25) is 5.91 Å². The Morgan fingerprint density at radius 3 is 2.68 bits per heavy atom. The van der Waals surface area contributed by atoms with Gasteiger partial charge in [0.1, 0.15) is 24.8 Å². The Morgan fingerprint density at radius 2 is 1.96 bits per heavy atom. The summed E-state index contributed by atoms with van der Waals surface area (Å²) in [5.41, 5.74) is 0. The predicted octanol–water partition coefficient (Wildman–Crippen LogP) is 1.01. The summed E-state index contributed by atoms with van der Waals surface area (Å²) < 4.78 is 1.60. The van der Waals surface area contributed by atoms with Crippen LogP contribution in [0.3, 0.4) is 0 Å². The SMILES string of the molecule is O=C(Cc1cccs1)N1CCN(c2cc(-n3cncn3)ncn2)CC1. The number of thiophene rings is 1. The minimum Gasteiger partial charge on any atom is -0.353 e. The van der Waals surface area contributed by atoms with Crippen LogP contribution in [0.5, 0.6) is 0 Å². The Morgan fingerprint density at radius 1 is 1.12 bits per heavy atom. The van der Waals surface area contributed by atoms with Crippen LogP contribution in [0.25, 0.3) is 5.82 Å². The monoisotopic (exact) mass is 355 g/mol. The third-order valence-electron chi connectivity index (χ3n) is 4.15. The van der Waals surface area contributed by atoms with E-state index in [1.165, 1.54) is 12.7 Å². The van der Waals surface area contributed by atoms with Gasteiger partial charge in [0.05, 0.1) is 6.42 Å². The molecule has 1 aliphatic heterocycles. The molecule has 25 heavy (non-hydrogen) atoms. The molecular formula is C16H17N7OS. The molecule has 0 radical (unpaired) electrons. The zero-order valence-electron chi connectivity index (χ0n) is 13.5. The molecule has 1 amide bonds. The van der Waals surface area contributed by atoms with Crippen molar-refractivity contribution in [2.24, 2.45) is 0 Å². The molecule has 0 atom stereocenters. The maximum atomic E-state index is 12.4. The smallest absolute Gasteiger partial charge is 0.227 e. The lowest BCUT2D eigenvalue weighted by atomic mass is 10.2. The van der Waals surface area contributed by atoms with Gasteiger partial charge in [-0.25, -0.2) is 19.6 Å². The molecule has 0 saturated carbocycles. The van der Waals surface area contributed by atoms with Gasteiger partial charge in [0, 0.05) is 37.1 Å². The van der Waals surface area contributed by atoms with Crippen molar-refractivity contribution in [1.82, 2.24) is 29.6 Å². The molecule has 0 bridgehead atoms. The molecule has 0 N–H and O–H groups in total. The largest absolute Gasteiger partial charge is 0.353 e. The van der Waals surface area contributed by atoms with Crippen LogP contribution in [0.1, 0.15) is 4.88 Å². The number of aromatic nitrogens is 5. The molecule has 1 aliphatic rings. The van der Waals surface area contributed by atoms with E-state index in [9.17, 15) is 4.79 Å². The molecule has 1 fully saturated rings. The molecule has 4 rings (SSSR count). The summed E-state index contributed by atoms with van der Waals surface area (Å²) in [5, 5.41) is 6.09. The van der Waals surface area contributed by atoms with Crippen molar-refractivity contribution in [1.29, 1.82) is 0 Å². The highest BCUT2D eigenvalue weighted by molar-refractivity contribution is 7.10. The van der Waals surface area contributed by atoms with Crippen LogP contribution < -0.4 is 4.90 Å². The molecule has 0 unspecified atom stereocenters. The summed E-state index contributed by atoms with van der Waals surface area (Å²) in [6, 6.07) is 5.87. The summed E-state index contributed by atoms with van der Waals surface area (Å²) in [7, 11) is 0. The fraction of sp³-hybridized carbons (Fsp3) is 0.312. The molecule has 0 aliphatic carbocycles. The number of piperazine rings is 1. The van der Waals surface area contributed by atoms with Crippen molar-refractivity contribution in [2.75, 3.05) is 31.1 Å². The van der Waals surface area contributed by atoms with E-state index >= 15 is 0 Å². The number of rotatable bonds is 4. The highest BCUT2D eigenvalue weighted by atomic mass is 32.1. The Hall–Kier alpha value is -2.81. The normalized spacial score (nSPS) is 14.7. The van der Waals surface area contributed by atoms with Gasteiger partial charge in [-0.05, 0) is 11.4 Å². The molecule has 9 heteroatoms. The standard InChI is InChI=1S/C16H17N7OS/c24-16(8-13-2-1-7-25-13)22-5-3-21(4-6-22)14-9-15(19-11-18-14)23-12-17-10-20-23/h1-2,7,9-12H,3-6,8H2. The lowest BCUT2D eigenvalue weighted by Gasteiger charge is -2.35. The molecule has 3 aromatic heterocycles. The maximum Gasteiger partial charge on any atom is 0.227 e. The predicted molar refractivity (Wildman–Crippen MR) is 93.8 cm³/mol. The third kappa shape index (κ3) is 3.50. The van der Waals surface area contributed by atoms with Gasteiger partial charge >= 0.3 is 0 Å². The van der Waals surface area contributed by atoms with Gasteiger partial charge < -0.3 is 9.80 Å². The Labute approximate surface area is 148 Å². The molecule has 8 nitrogen and oxygen atoms in total. The minimum absolute atomic E-state index is 0.188. The topological polar surface area (TPSA) is 80.0 Å². The number of amides is 1. The first-order chi connectivity index (χ1) is 12.3. The van der Waals surface area contributed by atoms with Crippen LogP contribution in [0.2, 0.25) is 0 Å². The van der Waals surface area contributed by atoms with E-state index in [1.54, 1.807) is 22.3 Å². The average Bonchev–Trinajstić information content (AvgIpc) is 3.36. The number of anilines is 1. The van der Waals surface area contributed by atoms with E-state index in [0.717, 1.165) is 23.8 Å². The fourth-order valence-corrected chi connectivity index (χ4v) is 3.52. The van der Waals surface area contributed by atoms with Crippen LogP contribution in [0.4, 0.5) is 5.82 Å². The van der Waals surface area contributed by atoms with E-state index in [2.05, 4.69) is 25.0 Å². The van der Waals surface area contributed by atoms with Crippen LogP contribution in [-0.2, 0) is 11.2 Å². The van der Waals surface area contributed by atoms with Crippen molar-refractivity contribution in [2.45, 2.75) is 6.42 Å². The van der Waals surface area contributed by atoms with Crippen molar-refractivity contribution < 1.29 is 4.79 Å². The van der Waals surface area contributed by atoms with Crippen molar-refractivity contribution in [3.63, 3.8) is 0 Å². The fourth-order valence-electron chi connectivity index (χ4n) is 2.82. The second-order valence-corrected chi connectivity index (χ2v) is 6.73. The van der Waals surface area contributed by atoms with E-state index in [-0.39, 0.29) is 5.91 Å². The third-order valence-corrected chi connectivity index (χ3v) is 5.03. The van der Waals surface area contributed by atoms with Gasteiger partial charge in [0.15, 0.2) is 5.82 Å². The Balaban J connectivity index is 1.39. The van der Waals surface area contributed by atoms with E-state index in [1.807, 2.05) is 28.5 Å². The lowest BCUT2D eigenvalue weighted by molar-refractivity contribution is -0.130. The van der Waals surface area contributed by atoms with Gasteiger partial charge in [-0.3, -0.25) is 4.79 Å². The van der Waals surface area contributed by atoms with Gasteiger partial charge in [-0.2, -0.15) is 5.10 Å². The maximum absolute atomic E-state index is 12.4. The first-order valence-electron chi connectivity index (χ1n) is 8.02. The van der Waals surface area contributed by atoms with E-state index in [0.29, 0.717) is 25.3 Å². The summed E-state index contributed by atoms with van der Waals surface area (Å²) in [4.78, 5) is 30.1. The number of nitrogens with zero attached hydrogens (tertiary/aromatic N) is 7. The van der Waals surface area contributed by atoms with Crippen LogP contribution in [0, 0.1) is 0 Å². The van der Waals surface area contributed by atoms with Gasteiger partial charge in [-0.15, -0.1) is 11.3 Å². The van der Waals surface area contributed by atoms with E-state index in [4.69, 9.17) is 0 Å². The summed E-state index contributed by atoms with van der Waals surface area (Å²) >= 11 is 1.62. The first-order valence-corrected chi connectivity index (χ1v) is 8.90. The Kier molecular flexibility index (Phi) is 4.38. The average molecular weight is 355 g/mol. The van der Waals surface area contributed by atoms with Crippen LogP contribution in [-0.4, -0.2) is 61.7 Å². The highest BCUT2D eigenvalue weighted by Crippen LogP contribution is 2.17. The molecule has 4 heterocycles. The molecular weight excluding hydrogens is 338 g/mol. The number of carbonyl (C=O) groups excluding carboxylic acids is 1. The van der Waals surface area contributed by atoms with Crippen molar-refractivity contribution >= 4 is 23.1 Å². The first kappa shape index (κ1) is 15.7. The molecule has 0 aromatic carbocycles. The molecule has 128 valence electrons. The molecule has 3 aromatic rings. The quantitative estimate of drug-likeness (QED) is 0.695. The molecule has 1 saturated heterocycles. The Bertz CT molecular complexity index is 826. The van der Waals surface area contributed by atoms with Crippen LogP contribution in [0.15, 0.2) is 42.6 Å². The minimum atomic E-state index is 0.188.